The molecule has 1 heterocycles. The number of ether oxygens (including phenoxy) is 1. The zero-order chi connectivity index (χ0) is 18.0. The van der Waals surface area contributed by atoms with Crippen molar-refractivity contribution in [2.75, 3.05) is 11.1 Å². The molecule has 4 nitrogen and oxygen atoms in total. The van der Waals surface area contributed by atoms with Gasteiger partial charge in [0.25, 0.3) is 5.91 Å². The third-order valence-electron chi connectivity index (χ3n) is 4.05. The molecule has 0 saturated carbocycles. The predicted octanol–water partition coefficient (Wildman–Crippen LogP) is 4.05. The number of halogens is 1. The van der Waals surface area contributed by atoms with Gasteiger partial charge in [0.1, 0.15) is 5.82 Å². The molecule has 0 saturated heterocycles. The maximum atomic E-state index is 13.5. The van der Waals surface area contributed by atoms with E-state index in [0.717, 1.165) is 10.6 Å². The summed E-state index contributed by atoms with van der Waals surface area (Å²) in [6.07, 6.45) is 0.126. The van der Waals surface area contributed by atoms with E-state index < -0.39 is 23.3 Å². The van der Waals surface area contributed by atoms with E-state index in [1.165, 1.54) is 18.2 Å². The molecule has 0 aliphatic carbocycles. The third-order valence-corrected chi connectivity index (χ3v) is 5.00. The van der Waals surface area contributed by atoms with Crippen molar-refractivity contribution in [1.29, 1.82) is 0 Å². The van der Waals surface area contributed by atoms with Gasteiger partial charge in [0, 0.05) is 11.3 Å². The maximum absolute atomic E-state index is 13.5. The van der Waals surface area contributed by atoms with Crippen molar-refractivity contribution in [3.05, 3.63) is 59.4 Å². The fourth-order valence-corrected chi connectivity index (χ4v) is 3.56. The van der Waals surface area contributed by atoms with E-state index in [0.29, 0.717) is 16.8 Å². The van der Waals surface area contributed by atoms with Gasteiger partial charge in [0.2, 0.25) is 0 Å². The van der Waals surface area contributed by atoms with Crippen molar-refractivity contribution in [3.8, 4) is 0 Å². The minimum Gasteiger partial charge on any atom is -0.445 e. The molecule has 0 fully saturated rings. The monoisotopic (exact) mass is 359 g/mol. The first-order chi connectivity index (χ1) is 11.9. The molecular formula is C19H18FNO3S. The van der Waals surface area contributed by atoms with Crippen LogP contribution < -0.4 is 5.32 Å². The van der Waals surface area contributed by atoms with Crippen LogP contribution in [0.1, 0.15) is 29.8 Å². The smallest absolute Gasteiger partial charge is 0.339 e. The summed E-state index contributed by atoms with van der Waals surface area (Å²) in [4.78, 5) is 25.9. The lowest BCUT2D eigenvalue weighted by molar-refractivity contribution is -0.134. The van der Waals surface area contributed by atoms with Crippen LogP contribution in [0.3, 0.4) is 0 Å². The van der Waals surface area contributed by atoms with Crippen molar-refractivity contribution in [1.82, 2.24) is 0 Å². The van der Waals surface area contributed by atoms with Gasteiger partial charge < -0.3 is 10.1 Å². The second-order valence-electron chi connectivity index (χ2n) is 5.98. The molecule has 3 rings (SSSR count). The maximum Gasteiger partial charge on any atom is 0.339 e. The molecule has 1 unspecified atom stereocenters. The molecule has 2 aromatic rings. The minimum atomic E-state index is -1.39. The Bertz CT molecular complexity index is 839. The number of carbonyl (C=O) groups excluding carboxylic acids is 2. The zero-order valence-electron chi connectivity index (χ0n) is 14.0. The van der Waals surface area contributed by atoms with E-state index in [9.17, 15) is 14.0 Å². The lowest BCUT2D eigenvalue weighted by Gasteiger charge is -2.33. The average molecular weight is 359 g/mol. The number of para-hydroxylation sites is 1. The third kappa shape index (κ3) is 3.54. The van der Waals surface area contributed by atoms with Crippen LogP contribution in [-0.2, 0) is 16.0 Å². The van der Waals surface area contributed by atoms with Crippen molar-refractivity contribution in [2.45, 2.75) is 30.8 Å². The van der Waals surface area contributed by atoms with Gasteiger partial charge >= 0.3 is 5.97 Å². The highest BCUT2D eigenvalue weighted by Crippen LogP contribution is 2.32. The number of hydrogen-bond acceptors (Lipinski definition) is 4. The molecule has 0 bridgehead atoms. The summed E-state index contributed by atoms with van der Waals surface area (Å²) in [5.41, 5.74) is 0.0578. The van der Waals surface area contributed by atoms with E-state index in [1.54, 1.807) is 24.8 Å². The van der Waals surface area contributed by atoms with E-state index >= 15 is 0 Å². The first-order valence-corrected chi connectivity index (χ1v) is 8.96. The largest absolute Gasteiger partial charge is 0.445 e. The highest BCUT2D eigenvalue weighted by molar-refractivity contribution is 7.99. The van der Waals surface area contributed by atoms with Gasteiger partial charge in [0.05, 0.1) is 11.3 Å². The molecule has 0 spiro atoms. The Morgan fingerprint density at radius 3 is 2.84 bits per heavy atom. The predicted molar refractivity (Wildman–Crippen MR) is 95.4 cm³/mol. The van der Waals surface area contributed by atoms with Crippen LogP contribution in [0.15, 0.2) is 47.4 Å². The lowest BCUT2D eigenvalue weighted by atomic mass is 9.89. The standard InChI is InChI=1S/C19H18FNO3S/c1-3-25-16-7-5-4-6-15(16)21-18(23)19(2)11-12-10-13(20)8-9-14(12)17(22)24-19/h4-10H,3,11H2,1-2H3,(H,21,23). The Kier molecular flexibility index (Phi) is 4.81. The summed E-state index contributed by atoms with van der Waals surface area (Å²) >= 11 is 1.61. The second kappa shape index (κ2) is 6.88. The molecule has 0 aromatic heterocycles. The number of hydrogen-bond donors (Lipinski definition) is 1. The Labute approximate surface area is 149 Å². The molecule has 1 aliphatic heterocycles. The fourth-order valence-electron chi connectivity index (χ4n) is 2.80. The average Bonchev–Trinajstić information content (AvgIpc) is 2.56. The molecule has 2 aromatic carbocycles. The lowest BCUT2D eigenvalue weighted by Crippen LogP contribution is -2.49. The Balaban J connectivity index is 1.86. The molecule has 6 heteroatoms. The van der Waals surface area contributed by atoms with Gasteiger partial charge in [-0.1, -0.05) is 19.1 Å². The van der Waals surface area contributed by atoms with Crippen LogP contribution in [-0.4, -0.2) is 23.2 Å². The van der Waals surface area contributed by atoms with Crippen molar-refractivity contribution >= 4 is 29.3 Å². The first kappa shape index (κ1) is 17.5. The molecule has 1 aliphatic rings. The number of amides is 1. The van der Waals surface area contributed by atoms with Gasteiger partial charge in [-0.2, -0.15) is 0 Å². The molecule has 130 valence electrons. The Hall–Kier alpha value is -2.34. The van der Waals surface area contributed by atoms with E-state index in [2.05, 4.69) is 5.32 Å². The quantitative estimate of drug-likeness (QED) is 0.661. The Morgan fingerprint density at radius 2 is 2.08 bits per heavy atom. The summed E-state index contributed by atoms with van der Waals surface area (Å²) in [7, 11) is 0. The molecule has 1 N–H and O–H groups in total. The molecular weight excluding hydrogens is 341 g/mol. The van der Waals surface area contributed by atoms with Crippen molar-refractivity contribution in [3.63, 3.8) is 0 Å². The van der Waals surface area contributed by atoms with Gasteiger partial charge in [-0.05, 0) is 48.6 Å². The molecule has 0 radical (unpaired) electrons. The first-order valence-electron chi connectivity index (χ1n) is 7.98. The number of cyclic esters (lactones) is 1. The molecule has 25 heavy (non-hydrogen) atoms. The van der Waals surface area contributed by atoms with Crippen LogP contribution in [0.4, 0.5) is 10.1 Å². The van der Waals surface area contributed by atoms with E-state index in [1.807, 2.05) is 25.1 Å². The van der Waals surface area contributed by atoms with Crippen LogP contribution in [0.5, 0.6) is 0 Å². The van der Waals surface area contributed by atoms with Crippen molar-refractivity contribution < 1.29 is 18.7 Å². The van der Waals surface area contributed by atoms with Crippen LogP contribution in [0.2, 0.25) is 0 Å². The molecule has 1 atom stereocenters. The van der Waals surface area contributed by atoms with Crippen molar-refractivity contribution in [2.24, 2.45) is 0 Å². The summed E-state index contributed by atoms with van der Waals surface area (Å²) in [6.45, 7) is 3.57. The highest BCUT2D eigenvalue weighted by atomic mass is 32.2. The van der Waals surface area contributed by atoms with Gasteiger partial charge in [0.15, 0.2) is 5.60 Å². The number of nitrogens with one attached hydrogen (secondary N) is 1. The number of anilines is 1. The fraction of sp³-hybridized carbons (Fsp3) is 0.263. The Morgan fingerprint density at radius 1 is 1.32 bits per heavy atom. The number of esters is 1. The van der Waals surface area contributed by atoms with E-state index in [4.69, 9.17) is 4.74 Å². The van der Waals surface area contributed by atoms with Gasteiger partial charge in [-0.25, -0.2) is 9.18 Å². The summed E-state index contributed by atoms with van der Waals surface area (Å²) in [5.74, 6) is -0.623. The zero-order valence-corrected chi connectivity index (χ0v) is 14.8. The van der Waals surface area contributed by atoms with Crippen LogP contribution >= 0.6 is 11.8 Å². The number of carbonyl (C=O) groups is 2. The number of thioether (sulfide) groups is 1. The van der Waals surface area contributed by atoms with Crippen LogP contribution in [0.25, 0.3) is 0 Å². The van der Waals surface area contributed by atoms with E-state index in [-0.39, 0.29) is 6.42 Å². The van der Waals surface area contributed by atoms with Crippen LogP contribution in [0, 0.1) is 5.82 Å². The minimum absolute atomic E-state index is 0.126. The normalized spacial score (nSPS) is 19.1. The SMILES string of the molecule is CCSc1ccccc1NC(=O)C1(C)Cc2cc(F)ccc2C(=O)O1. The number of rotatable bonds is 4. The molecule has 1 amide bonds. The second-order valence-corrected chi connectivity index (χ2v) is 7.29. The van der Waals surface area contributed by atoms with Gasteiger partial charge in [-0.15, -0.1) is 11.8 Å². The summed E-state index contributed by atoms with van der Waals surface area (Å²) in [6, 6.07) is 11.3. The topological polar surface area (TPSA) is 55.4 Å². The van der Waals surface area contributed by atoms with Gasteiger partial charge in [-0.3, -0.25) is 4.79 Å². The summed E-state index contributed by atoms with van der Waals surface area (Å²) < 4.78 is 18.9. The number of benzene rings is 2. The highest BCUT2D eigenvalue weighted by Gasteiger charge is 2.43. The number of fused-ring (bicyclic) bond motifs is 1. The summed E-state index contributed by atoms with van der Waals surface area (Å²) in [5, 5.41) is 2.84.